The Morgan fingerprint density at radius 2 is 1.79 bits per heavy atom. The lowest BCUT2D eigenvalue weighted by molar-refractivity contribution is 0.882. The molecule has 0 spiro atoms. The van der Waals surface area contributed by atoms with Crippen LogP contribution in [-0.4, -0.2) is 19.1 Å². The fourth-order valence-corrected chi connectivity index (χ4v) is 2.09. The molecular weight excluding hydrogens is 302 g/mol. The molecule has 0 fully saturated rings. The van der Waals surface area contributed by atoms with Crippen LogP contribution in [-0.2, 0) is 0 Å². The molecule has 2 aromatic rings. The van der Waals surface area contributed by atoms with Gasteiger partial charge in [-0.3, -0.25) is 0 Å². The van der Waals surface area contributed by atoms with Gasteiger partial charge < -0.3 is 10.2 Å². The van der Waals surface area contributed by atoms with Gasteiger partial charge in [0.15, 0.2) is 0 Å². The van der Waals surface area contributed by atoms with Crippen LogP contribution in [0, 0.1) is 0 Å². The summed E-state index contributed by atoms with van der Waals surface area (Å²) in [6.45, 7) is 2.14. The number of benzene rings is 1. The van der Waals surface area contributed by atoms with Crippen molar-refractivity contribution in [2.45, 2.75) is 13.0 Å². The summed E-state index contributed by atoms with van der Waals surface area (Å²) in [7, 11) is 3.97. The van der Waals surface area contributed by atoms with E-state index in [4.69, 9.17) is 0 Å². The van der Waals surface area contributed by atoms with Crippen LogP contribution in [0.15, 0.2) is 47.1 Å². The molecule has 0 saturated heterocycles. The average molecular weight is 320 g/mol. The molecule has 100 valence electrons. The van der Waals surface area contributed by atoms with E-state index in [1.165, 1.54) is 5.56 Å². The maximum absolute atomic E-state index is 4.39. The molecule has 0 aliphatic carbocycles. The van der Waals surface area contributed by atoms with Crippen LogP contribution in [0.1, 0.15) is 18.5 Å². The predicted octanol–water partition coefficient (Wildman–Crippen LogP) is 4.08. The van der Waals surface area contributed by atoms with E-state index in [1.54, 1.807) is 0 Å². The number of nitrogens with zero attached hydrogens (tertiary/aromatic N) is 2. The zero-order chi connectivity index (χ0) is 13.8. The molecule has 0 bridgehead atoms. The Kier molecular flexibility index (Phi) is 4.43. The second-order valence-electron chi connectivity index (χ2n) is 4.72. The molecule has 4 heteroatoms. The summed E-state index contributed by atoms with van der Waals surface area (Å²) in [6.07, 6.45) is 1.87. The molecule has 2 rings (SSSR count). The number of pyridine rings is 1. The van der Waals surface area contributed by atoms with Crippen LogP contribution < -0.4 is 10.2 Å². The van der Waals surface area contributed by atoms with Gasteiger partial charge in [-0.2, -0.15) is 0 Å². The second-order valence-corrected chi connectivity index (χ2v) is 5.63. The summed E-state index contributed by atoms with van der Waals surface area (Å²) >= 11 is 3.45. The number of anilines is 2. The van der Waals surface area contributed by atoms with Crippen LogP contribution in [0.2, 0.25) is 0 Å². The number of halogens is 1. The Labute approximate surface area is 122 Å². The summed E-state index contributed by atoms with van der Waals surface area (Å²) in [4.78, 5) is 6.38. The fourth-order valence-electron chi connectivity index (χ4n) is 1.82. The summed E-state index contributed by atoms with van der Waals surface area (Å²) in [5.74, 6) is 0.960. The van der Waals surface area contributed by atoms with Crippen molar-refractivity contribution in [3.8, 4) is 0 Å². The van der Waals surface area contributed by atoms with Crippen LogP contribution in [0.4, 0.5) is 11.5 Å². The highest BCUT2D eigenvalue weighted by atomic mass is 79.9. The first-order chi connectivity index (χ1) is 9.06. The van der Waals surface area contributed by atoms with Crippen molar-refractivity contribution < 1.29 is 0 Å². The van der Waals surface area contributed by atoms with Crippen molar-refractivity contribution >= 4 is 27.4 Å². The summed E-state index contributed by atoms with van der Waals surface area (Å²) in [5.41, 5.74) is 2.28. The van der Waals surface area contributed by atoms with E-state index in [0.29, 0.717) is 0 Å². The minimum atomic E-state index is 0.250. The fraction of sp³-hybridized carbons (Fsp3) is 0.267. The molecule has 0 radical (unpaired) electrons. The van der Waals surface area contributed by atoms with Crippen molar-refractivity contribution in [1.82, 2.24) is 4.98 Å². The maximum atomic E-state index is 4.39. The Hall–Kier alpha value is -1.55. The maximum Gasteiger partial charge on any atom is 0.128 e. The summed E-state index contributed by atoms with van der Waals surface area (Å²) in [6, 6.07) is 12.7. The molecule has 0 amide bonds. The first-order valence-corrected chi connectivity index (χ1v) is 7.01. The predicted molar refractivity (Wildman–Crippen MR) is 84.7 cm³/mol. The normalized spacial score (nSPS) is 12.0. The average Bonchev–Trinajstić information content (AvgIpc) is 2.40. The number of rotatable bonds is 4. The van der Waals surface area contributed by atoms with E-state index in [9.17, 15) is 0 Å². The van der Waals surface area contributed by atoms with E-state index >= 15 is 0 Å². The monoisotopic (exact) mass is 319 g/mol. The number of aromatic nitrogens is 1. The lowest BCUT2D eigenvalue weighted by Gasteiger charge is -2.17. The van der Waals surface area contributed by atoms with E-state index in [0.717, 1.165) is 16.0 Å². The molecule has 19 heavy (non-hydrogen) atoms. The van der Waals surface area contributed by atoms with Gasteiger partial charge in [-0.05, 0) is 36.8 Å². The van der Waals surface area contributed by atoms with Crippen LogP contribution in [0.3, 0.4) is 0 Å². The quantitative estimate of drug-likeness (QED) is 0.920. The molecule has 1 unspecified atom stereocenters. The second kappa shape index (κ2) is 6.06. The van der Waals surface area contributed by atoms with E-state index < -0.39 is 0 Å². The van der Waals surface area contributed by atoms with Gasteiger partial charge in [0.2, 0.25) is 0 Å². The van der Waals surface area contributed by atoms with Crippen LogP contribution in [0.25, 0.3) is 0 Å². The highest BCUT2D eigenvalue weighted by Gasteiger charge is 2.05. The third-order valence-electron chi connectivity index (χ3n) is 2.96. The molecule has 1 atom stereocenters. The molecule has 0 aliphatic heterocycles. The zero-order valence-corrected chi connectivity index (χ0v) is 13.0. The largest absolute Gasteiger partial charge is 0.377 e. The highest BCUT2D eigenvalue weighted by Crippen LogP contribution is 2.21. The molecule has 0 aliphatic rings. The molecule has 1 aromatic heterocycles. The Morgan fingerprint density at radius 1 is 1.11 bits per heavy atom. The van der Waals surface area contributed by atoms with Gasteiger partial charge in [0.1, 0.15) is 5.82 Å². The van der Waals surface area contributed by atoms with Gasteiger partial charge in [0, 0.05) is 24.6 Å². The third kappa shape index (κ3) is 3.70. The lowest BCUT2D eigenvalue weighted by Crippen LogP contribution is -2.11. The highest BCUT2D eigenvalue weighted by molar-refractivity contribution is 9.10. The van der Waals surface area contributed by atoms with E-state index in [-0.39, 0.29) is 6.04 Å². The van der Waals surface area contributed by atoms with Gasteiger partial charge >= 0.3 is 0 Å². The topological polar surface area (TPSA) is 28.2 Å². The van der Waals surface area contributed by atoms with Gasteiger partial charge in [-0.1, -0.05) is 28.1 Å². The van der Waals surface area contributed by atoms with E-state index in [2.05, 4.69) is 63.5 Å². The first kappa shape index (κ1) is 13.9. The Balaban J connectivity index is 2.06. The number of nitrogens with one attached hydrogen (secondary N) is 1. The number of hydrogen-bond acceptors (Lipinski definition) is 3. The van der Waals surface area contributed by atoms with Crippen molar-refractivity contribution in [1.29, 1.82) is 0 Å². The number of hydrogen-bond donors (Lipinski definition) is 1. The van der Waals surface area contributed by atoms with Crippen molar-refractivity contribution in [2.24, 2.45) is 0 Å². The lowest BCUT2D eigenvalue weighted by atomic mass is 10.1. The van der Waals surface area contributed by atoms with Crippen LogP contribution in [0.5, 0.6) is 0 Å². The third-order valence-corrected chi connectivity index (χ3v) is 3.49. The smallest absolute Gasteiger partial charge is 0.128 e. The van der Waals surface area contributed by atoms with Crippen molar-refractivity contribution in [2.75, 3.05) is 24.3 Å². The van der Waals surface area contributed by atoms with Crippen molar-refractivity contribution in [3.63, 3.8) is 0 Å². The van der Waals surface area contributed by atoms with Gasteiger partial charge in [-0.25, -0.2) is 4.98 Å². The molecule has 1 heterocycles. The summed E-state index contributed by atoms with van der Waals surface area (Å²) < 4.78 is 1.10. The Bertz CT molecular complexity index is 520. The SMILES string of the molecule is CC(Nc1ccc(N(C)C)nc1)c1ccc(Br)cc1. The standard InChI is InChI=1S/C15H18BrN3/c1-11(12-4-6-13(16)7-5-12)18-14-8-9-15(17-10-14)19(2)3/h4-11,18H,1-3H3. The van der Waals surface area contributed by atoms with Gasteiger partial charge in [0.25, 0.3) is 0 Å². The van der Waals surface area contributed by atoms with E-state index in [1.807, 2.05) is 31.3 Å². The van der Waals surface area contributed by atoms with Crippen LogP contribution >= 0.6 is 15.9 Å². The van der Waals surface area contributed by atoms with Crippen molar-refractivity contribution in [3.05, 3.63) is 52.6 Å². The first-order valence-electron chi connectivity index (χ1n) is 6.21. The Morgan fingerprint density at radius 3 is 2.32 bits per heavy atom. The minimum absolute atomic E-state index is 0.250. The zero-order valence-electron chi connectivity index (χ0n) is 11.4. The minimum Gasteiger partial charge on any atom is -0.377 e. The molecule has 3 nitrogen and oxygen atoms in total. The van der Waals surface area contributed by atoms with Gasteiger partial charge in [-0.15, -0.1) is 0 Å². The molecule has 1 N–H and O–H groups in total. The van der Waals surface area contributed by atoms with Gasteiger partial charge in [0.05, 0.1) is 11.9 Å². The molecular formula is C15H18BrN3. The molecule has 0 saturated carbocycles. The molecule has 1 aromatic carbocycles. The summed E-state index contributed by atoms with van der Waals surface area (Å²) in [5, 5.41) is 3.45.